The molecule has 0 heterocycles. The molecule has 0 spiro atoms. The maximum Gasteiger partial charge on any atom is -0.00454 e. The Morgan fingerprint density at radius 3 is 2.60 bits per heavy atom. The van der Waals surface area contributed by atoms with Crippen molar-refractivity contribution in [1.29, 1.82) is 0 Å². The molecule has 1 atom stereocenters. The highest BCUT2D eigenvalue weighted by atomic mass is 32.2. The lowest BCUT2D eigenvalue weighted by Crippen LogP contribution is -2.17. The van der Waals surface area contributed by atoms with E-state index < -0.39 is 0 Å². The third-order valence-electron chi connectivity index (χ3n) is 2.58. The number of hydrogen-bond acceptors (Lipinski definition) is 2. The Labute approximate surface area is 97.4 Å². The third kappa shape index (κ3) is 5.24. The number of thioether (sulfide) groups is 1. The van der Waals surface area contributed by atoms with Gasteiger partial charge in [0.05, 0.1) is 0 Å². The van der Waals surface area contributed by atoms with E-state index in [1.807, 2.05) is 11.8 Å². The smallest absolute Gasteiger partial charge is 0.00454 e. The van der Waals surface area contributed by atoms with E-state index in [1.165, 1.54) is 23.5 Å². The molecule has 0 bridgehead atoms. The Morgan fingerprint density at radius 1 is 1.27 bits per heavy atom. The molecule has 0 aliphatic carbocycles. The summed E-state index contributed by atoms with van der Waals surface area (Å²) in [5.41, 5.74) is 7.21. The minimum absolute atomic E-state index is 0.645. The molecule has 0 aliphatic rings. The van der Waals surface area contributed by atoms with Gasteiger partial charge in [0.15, 0.2) is 0 Å². The molecule has 1 unspecified atom stereocenters. The standard InChI is InChI=1S/C13H21NS/c1-2-15-9-8-13(11-14)10-12-6-4-3-5-7-12/h3-7,13H,2,8-11,14H2,1H3. The van der Waals surface area contributed by atoms with E-state index in [9.17, 15) is 0 Å². The van der Waals surface area contributed by atoms with E-state index in [0.29, 0.717) is 5.92 Å². The molecule has 1 rings (SSSR count). The molecule has 0 aromatic heterocycles. The average Bonchev–Trinajstić information content (AvgIpc) is 2.29. The van der Waals surface area contributed by atoms with Gasteiger partial charge in [-0.05, 0) is 42.4 Å². The maximum absolute atomic E-state index is 5.79. The summed E-state index contributed by atoms with van der Waals surface area (Å²) in [6.45, 7) is 3.01. The Hall–Kier alpha value is -0.470. The molecule has 0 aliphatic heterocycles. The summed E-state index contributed by atoms with van der Waals surface area (Å²) in [5.74, 6) is 3.10. The summed E-state index contributed by atoms with van der Waals surface area (Å²) >= 11 is 2.01. The first-order valence-electron chi connectivity index (χ1n) is 5.68. The van der Waals surface area contributed by atoms with Crippen molar-refractivity contribution in [2.75, 3.05) is 18.1 Å². The van der Waals surface area contributed by atoms with Gasteiger partial charge in [-0.3, -0.25) is 0 Å². The fourth-order valence-corrected chi connectivity index (χ4v) is 2.43. The Kier molecular flexibility index (Phi) is 6.53. The van der Waals surface area contributed by atoms with E-state index in [2.05, 4.69) is 37.3 Å². The van der Waals surface area contributed by atoms with Gasteiger partial charge in [0, 0.05) is 0 Å². The normalized spacial score (nSPS) is 12.7. The van der Waals surface area contributed by atoms with Crippen molar-refractivity contribution in [2.24, 2.45) is 11.7 Å². The van der Waals surface area contributed by atoms with Crippen LogP contribution in [0.25, 0.3) is 0 Å². The van der Waals surface area contributed by atoms with Crippen LogP contribution in [0.15, 0.2) is 30.3 Å². The molecule has 1 aromatic carbocycles. The molecule has 0 amide bonds. The molecular weight excluding hydrogens is 202 g/mol. The summed E-state index contributed by atoms with van der Waals surface area (Å²) in [5, 5.41) is 0. The number of rotatable bonds is 7. The molecule has 0 radical (unpaired) electrons. The lowest BCUT2D eigenvalue weighted by molar-refractivity contribution is 0.523. The minimum atomic E-state index is 0.645. The third-order valence-corrected chi connectivity index (χ3v) is 3.51. The molecule has 2 N–H and O–H groups in total. The summed E-state index contributed by atoms with van der Waals surface area (Å²) in [6.07, 6.45) is 2.37. The lowest BCUT2D eigenvalue weighted by Gasteiger charge is -2.14. The van der Waals surface area contributed by atoms with Crippen LogP contribution in [0.5, 0.6) is 0 Å². The van der Waals surface area contributed by atoms with Crippen LogP contribution in [0, 0.1) is 5.92 Å². The van der Waals surface area contributed by atoms with Crippen LogP contribution >= 0.6 is 11.8 Å². The highest BCUT2D eigenvalue weighted by Gasteiger charge is 2.07. The zero-order chi connectivity index (χ0) is 10.9. The molecular formula is C13H21NS. The van der Waals surface area contributed by atoms with Gasteiger partial charge in [-0.1, -0.05) is 37.3 Å². The highest BCUT2D eigenvalue weighted by molar-refractivity contribution is 7.99. The molecule has 1 aromatic rings. The fraction of sp³-hybridized carbons (Fsp3) is 0.538. The highest BCUT2D eigenvalue weighted by Crippen LogP contribution is 2.14. The summed E-state index contributed by atoms with van der Waals surface area (Å²) in [6, 6.07) is 10.6. The monoisotopic (exact) mass is 223 g/mol. The van der Waals surface area contributed by atoms with Gasteiger partial charge >= 0.3 is 0 Å². The second-order valence-electron chi connectivity index (χ2n) is 3.78. The molecule has 84 valence electrons. The van der Waals surface area contributed by atoms with Crippen molar-refractivity contribution in [2.45, 2.75) is 19.8 Å². The predicted molar refractivity (Wildman–Crippen MR) is 70.3 cm³/mol. The van der Waals surface area contributed by atoms with Crippen LogP contribution in [0.1, 0.15) is 18.9 Å². The molecule has 1 nitrogen and oxygen atoms in total. The van der Waals surface area contributed by atoms with Gasteiger partial charge in [0.1, 0.15) is 0 Å². The van der Waals surface area contributed by atoms with Crippen LogP contribution in [-0.4, -0.2) is 18.1 Å². The van der Waals surface area contributed by atoms with Crippen molar-refractivity contribution < 1.29 is 0 Å². The number of nitrogens with two attached hydrogens (primary N) is 1. The van der Waals surface area contributed by atoms with Gasteiger partial charge < -0.3 is 5.73 Å². The van der Waals surface area contributed by atoms with Crippen molar-refractivity contribution in [3.8, 4) is 0 Å². The Balaban J connectivity index is 2.33. The molecule has 0 saturated carbocycles. The van der Waals surface area contributed by atoms with Crippen LogP contribution in [-0.2, 0) is 6.42 Å². The first-order valence-corrected chi connectivity index (χ1v) is 6.84. The van der Waals surface area contributed by atoms with Gasteiger partial charge in [-0.15, -0.1) is 0 Å². The molecule has 0 saturated heterocycles. The van der Waals surface area contributed by atoms with E-state index >= 15 is 0 Å². The predicted octanol–water partition coefficient (Wildman–Crippen LogP) is 2.95. The zero-order valence-electron chi connectivity index (χ0n) is 9.49. The Bertz CT molecular complexity index is 248. The largest absolute Gasteiger partial charge is 0.330 e. The van der Waals surface area contributed by atoms with E-state index in [-0.39, 0.29) is 0 Å². The summed E-state index contributed by atoms with van der Waals surface area (Å²) in [7, 11) is 0. The van der Waals surface area contributed by atoms with Crippen molar-refractivity contribution in [3.63, 3.8) is 0 Å². The molecule has 2 heteroatoms. The average molecular weight is 223 g/mol. The second kappa shape index (κ2) is 7.77. The number of benzene rings is 1. The number of hydrogen-bond donors (Lipinski definition) is 1. The SMILES string of the molecule is CCSCCC(CN)Cc1ccccc1. The van der Waals surface area contributed by atoms with Gasteiger partial charge in [0.25, 0.3) is 0 Å². The summed E-state index contributed by atoms with van der Waals surface area (Å²) in [4.78, 5) is 0. The Morgan fingerprint density at radius 2 is 2.00 bits per heavy atom. The van der Waals surface area contributed by atoms with Crippen molar-refractivity contribution >= 4 is 11.8 Å². The van der Waals surface area contributed by atoms with E-state index in [1.54, 1.807) is 0 Å². The quantitative estimate of drug-likeness (QED) is 0.719. The maximum atomic E-state index is 5.79. The topological polar surface area (TPSA) is 26.0 Å². The van der Waals surface area contributed by atoms with E-state index in [4.69, 9.17) is 5.73 Å². The van der Waals surface area contributed by atoms with Crippen LogP contribution in [0.4, 0.5) is 0 Å². The lowest BCUT2D eigenvalue weighted by atomic mass is 9.97. The molecule has 0 fully saturated rings. The van der Waals surface area contributed by atoms with Gasteiger partial charge in [0.2, 0.25) is 0 Å². The minimum Gasteiger partial charge on any atom is -0.330 e. The second-order valence-corrected chi connectivity index (χ2v) is 5.17. The van der Waals surface area contributed by atoms with Gasteiger partial charge in [-0.25, -0.2) is 0 Å². The van der Waals surface area contributed by atoms with E-state index in [0.717, 1.165) is 13.0 Å². The first kappa shape index (κ1) is 12.6. The van der Waals surface area contributed by atoms with Crippen molar-refractivity contribution in [3.05, 3.63) is 35.9 Å². The van der Waals surface area contributed by atoms with Gasteiger partial charge in [-0.2, -0.15) is 11.8 Å². The first-order chi connectivity index (χ1) is 7.36. The van der Waals surface area contributed by atoms with Crippen LogP contribution in [0.3, 0.4) is 0 Å². The summed E-state index contributed by atoms with van der Waals surface area (Å²) < 4.78 is 0. The fourth-order valence-electron chi connectivity index (χ4n) is 1.65. The zero-order valence-corrected chi connectivity index (χ0v) is 10.3. The van der Waals surface area contributed by atoms with Crippen LogP contribution < -0.4 is 5.73 Å². The van der Waals surface area contributed by atoms with Crippen molar-refractivity contribution in [1.82, 2.24) is 0 Å². The van der Waals surface area contributed by atoms with Crippen LogP contribution in [0.2, 0.25) is 0 Å². The molecule has 15 heavy (non-hydrogen) atoms.